The maximum absolute atomic E-state index is 11.8. The fourth-order valence-corrected chi connectivity index (χ4v) is 1.59. The van der Waals surface area contributed by atoms with Crippen LogP contribution in [-0.2, 0) is 4.79 Å². The van der Waals surface area contributed by atoms with Crippen molar-refractivity contribution >= 4 is 28.9 Å². The zero-order valence-corrected chi connectivity index (χ0v) is 11.4. The Bertz CT molecular complexity index is 605. The number of anilines is 1. The van der Waals surface area contributed by atoms with Crippen LogP contribution in [0.2, 0.25) is 0 Å². The number of amides is 2. The number of nitrogens with zero attached hydrogens (tertiary/aromatic N) is 3. The zero-order valence-electron chi connectivity index (χ0n) is 11.4. The van der Waals surface area contributed by atoms with Crippen molar-refractivity contribution in [1.29, 1.82) is 0 Å². The van der Waals surface area contributed by atoms with Gasteiger partial charge in [-0.3, -0.25) is 29.8 Å². The first kappa shape index (κ1) is 16.0. The first-order valence-electron chi connectivity index (χ1n) is 5.61. The molecule has 2 amide bonds. The minimum absolute atomic E-state index is 0.215. The summed E-state index contributed by atoms with van der Waals surface area (Å²) in [4.78, 5) is 44.3. The first-order chi connectivity index (χ1) is 9.65. The van der Waals surface area contributed by atoms with Crippen molar-refractivity contribution in [3.8, 4) is 0 Å². The van der Waals surface area contributed by atoms with E-state index in [-0.39, 0.29) is 5.56 Å². The number of carbonyl (C=O) groups is 2. The van der Waals surface area contributed by atoms with Gasteiger partial charge in [-0.25, -0.2) is 0 Å². The summed E-state index contributed by atoms with van der Waals surface area (Å²) in [6, 6.07) is 1.78. The van der Waals surface area contributed by atoms with Crippen LogP contribution in [0, 0.1) is 20.2 Å². The minimum atomic E-state index is -0.898. The van der Waals surface area contributed by atoms with E-state index in [9.17, 15) is 29.8 Å². The molecule has 0 saturated heterocycles. The molecule has 0 aliphatic carbocycles. The Hall–Kier alpha value is -3.04. The molecule has 1 aromatic rings. The van der Waals surface area contributed by atoms with Crippen LogP contribution in [0.4, 0.5) is 17.1 Å². The number of nitro groups is 2. The molecule has 112 valence electrons. The van der Waals surface area contributed by atoms with Gasteiger partial charge in [0, 0.05) is 33.2 Å². The quantitative estimate of drug-likeness (QED) is 0.654. The van der Waals surface area contributed by atoms with E-state index < -0.39 is 38.7 Å². The van der Waals surface area contributed by atoms with Gasteiger partial charge in [-0.05, 0) is 0 Å². The Morgan fingerprint density at radius 1 is 1.10 bits per heavy atom. The van der Waals surface area contributed by atoms with Gasteiger partial charge in [0.2, 0.25) is 5.91 Å². The van der Waals surface area contributed by atoms with Crippen molar-refractivity contribution in [2.75, 3.05) is 19.4 Å². The van der Waals surface area contributed by atoms with E-state index in [0.717, 1.165) is 24.0 Å². The second kappa shape index (κ2) is 5.94. The highest BCUT2D eigenvalue weighted by Gasteiger charge is 2.29. The van der Waals surface area contributed by atoms with Gasteiger partial charge in [-0.15, -0.1) is 0 Å². The SMILES string of the molecule is CC(=O)Nc1c([N+](=O)[O-])cc(C(=O)N(C)C)cc1[N+](=O)[O-]. The van der Waals surface area contributed by atoms with E-state index in [2.05, 4.69) is 5.32 Å². The van der Waals surface area contributed by atoms with Crippen LogP contribution in [0.3, 0.4) is 0 Å². The van der Waals surface area contributed by atoms with Gasteiger partial charge >= 0.3 is 11.4 Å². The Labute approximate surface area is 118 Å². The summed E-state index contributed by atoms with van der Waals surface area (Å²) >= 11 is 0. The molecular weight excluding hydrogens is 284 g/mol. The maximum atomic E-state index is 11.8. The van der Waals surface area contributed by atoms with E-state index in [1.54, 1.807) is 0 Å². The Balaban J connectivity index is 3.64. The van der Waals surface area contributed by atoms with Crippen molar-refractivity contribution in [2.45, 2.75) is 6.92 Å². The van der Waals surface area contributed by atoms with Crippen LogP contribution in [0.5, 0.6) is 0 Å². The van der Waals surface area contributed by atoms with Crippen LogP contribution in [0.25, 0.3) is 0 Å². The third kappa shape index (κ3) is 3.49. The molecule has 0 heterocycles. The van der Waals surface area contributed by atoms with E-state index in [4.69, 9.17) is 0 Å². The lowest BCUT2D eigenvalue weighted by molar-refractivity contribution is -0.392. The largest absolute Gasteiger partial charge is 0.345 e. The lowest BCUT2D eigenvalue weighted by Crippen LogP contribution is -2.22. The molecule has 0 bridgehead atoms. The average molecular weight is 296 g/mol. The van der Waals surface area contributed by atoms with E-state index in [0.29, 0.717) is 0 Å². The third-order valence-electron chi connectivity index (χ3n) is 2.44. The number of rotatable bonds is 4. The number of carbonyl (C=O) groups excluding carboxylic acids is 2. The number of hydrogen-bond donors (Lipinski definition) is 1. The summed E-state index contributed by atoms with van der Waals surface area (Å²) < 4.78 is 0. The topological polar surface area (TPSA) is 136 Å². The summed E-state index contributed by atoms with van der Waals surface area (Å²) in [5.41, 5.74) is -2.20. The third-order valence-corrected chi connectivity index (χ3v) is 2.44. The van der Waals surface area contributed by atoms with Crippen molar-refractivity contribution < 1.29 is 19.4 Å². The number of benzene rings is 1. The molecule has 0 saturated carbocycles. The molecule has 1 N–H and O–H groups in total. The van der Waals surface area contributed by atoms with E-state index >= 15 is 0 Å². The summed E-state index contributed by atoms with van der Waals surface area (Å²) in [6.45, 7) is 1.06. The molecule has 10 heteroatoms. The van der Waals surface area contributed by atoms with Gasteiger partial charge in [-0.2, -0.15) is 0 Å². The standard InChI is InChI=1S/C11H12N4O6/c1-6(16)12-10-8(14(18)19)4-7(11(17)13(2)3)5-9(10)15(20)21/h4-5H,1-3H3,(H,12,16). The lowest BCUT2D eigenvalue weighted by Gasteiger charge is -2.11. The molecule has 0 aliphatic heterocycles. The monoisotopic (exact) mass is 296 g/mol. The highest BCUT2D eigenvalue weighted by Crippen LogP contribution is 2.35. The minimum Gasteiger partial charge on any atom is -0.345 e. The normalized spacial score (nSPS) is 9.86. The van der Waals surface area contributed by atoms with Crippen LogP contribution in [0.15, 0.2) is 12.1 Å². The lowest BCUT2D eigenvalue weighted by atomic mass is 10.1. The van der Waals surface area contributed by atoms with Crippen LogP contribution in [0.1, 0.15) is 17.3 Å². The molecule has 0 aromatic heterocycles. The second-order valence-electron chi connectivity index (χ2n) is 4.28. The van der Waals surface area contributed by atoms with Gasteiger partial charge in [0.05, 0.1) is 15.4 Å². The number of nitro benzene ring substituents is 2. The maximum Gasteiger partial charge on any atom is 0.300 e. The zero-order chi connectivity index (χ0) is 16.3. The molecule has 1 aromatic carbocycles. The first-order valence-corrected chi connectivity index (χ1v) is 5.61. The molecule has 0 radical (unpaired) electrons. The predicted molar refractivity (Wildman–Crippen MR) is 72.1 cm³/mol. The van der Waals surface area contributed by atoms with Crippen LogP contribution >= 0.6 is 0 Å². The molecule has 0 spiro atoms. The summed E-state index contributed by atoms with van der Waals surface area (Å²) in [7, 11) is 2.81. The fraction of sp³-hybridized carbons (Fsp3) is 0.273. The van der Waals surface area contributed by atoms with Crippen LogP contribution in [-0.4, -0.2) is 40.7 Å². The van der Waals surface area contributed by atoms with Gasteiger partial charge in [-0.1, -0.05) is 0 Å². The molecule has 0 unspecified atom stereocenters. The number of nitrogens with one attached hydrogen (secondary N) is 1. The number of hydrogen-bond acceptors (Lipinski definition) is 6. The van der Waals surface area contributed by atoms with Crippen molar-refractivity contribution in [3.05, 3.63) is 37.9 Å². The van der Waals surface area contributed by atoms with Gasteiger partial charge in [0.1, 0.15) is 0 Å². The highest BCUT2D eigenvalue weighted by atomic mass is 16.6. The predicted octanol–water partition coefficient (Wildman–Crippen LogP) is 1.16. The molecule has 0 atom stereocenters. The van der Waals surface area contributed by atoms with Crippen molar-refractivity contribution in [1.82, 2.24) is 4.90 Å². The molecule has 1 rings (SSSR count). The fourth-order valence-electron chi connectivity index (χ4n) is 1.59. The van der Waals surface area contributed by atoms with Crippen molar-refractivity contribution in [3.63, 3.8) is 0 Å². The van der Waals surface area contributed by atoms with Gasteiger partial charge in [0.15, 0.2) is 5.69 Å². The Kier molecular flexibility index (Phi) is 4.53. The molecule has 21 heavy (non-hydrogen) atoms. The summed E-state index contributed by atoms with van der Waals surface area (Å²) in [6.07, 6.45) is 0. The van der Waals surface area contributed by atoms with Crippen LogP contribution < -0.4 is 5.32 Å². The highest BCUT2D eigenvalue weighted by molar-refractivity contribution is 6.00. The molecule has 10 nitrogen and oxygen atoms in total. The summed E-state index contributed by atoms with van der Waals surface area (Å²) in [5.74, 6) is -1.33. The molecule has 0 fully saturated rings. The van der Waals surface area contributed by atoms with Gasteiger partial charge in [0.25, 0.3) is 5.91 Å². The molecular formula is C11H12N4O6. The Morgan fingerprint density at radius 3 is 1.81 bits per heavy atom. The average Bonchev–Trinajstić information content (AvgIpc) is 2.36. The second-order valence-corrected chi connectivity index (χ2v) is 4.28. The van der Waals surface area contributed by atoms with E-state index in [1.807, 2.05) is 0 Å². The molecule has 0 aliphatic rings. The smallest absolute Gasteiger partial charge is 0.300 e. The van der Waals surface area contributed by atoms with Gasteiger partial charge < -0.3 is 10.2 Å². The summed E-state index contributed by atoms with van der Waals surface area (Å²) in [5, 5.41) is 24.1. The van der Waals surface area contributed by atoms with Crippen molar-refractivity contribution in [2.24, 2.45) is 0 Å². The Morgan fingerprint density at radius 2 is 1.52 bits per heavy atom. The van der Waals surface area contributed by atoms with E-state index in [1.165, 1.54) is 14.1 Å².